The van der Waals surface area contributed by atoms with Crippen LogP contribution in [-0.2, 0) is 34.7 Å². The second-order valence-electron chi connectivity index (χ2n) is 9.59. The number of methoxy groups -OCH3 is 1. The number of hydrogen-bond acceptors (Lipinski definition) is 7. The third-order valence-corrected chi connectivity index (χ3v) is 9.41. The lowest BCUT2D eigenvalue weighted by Gasteiger charge is -2.34. The molecule has 3 aliphatic rings. The van der Waals surface area contributed by atoms with Crippen molar-refractivity contribution in [3.05, 3.63) is 65.2 Å². The number of para-hydroxylation sites is 1. The summed E-state index contributed by atoms with van der Waals surface area (Å²) in [4.78, 5) is 43.2. The normalized spacial score (nSPS) is 23.5. The zero-order valence-electron chi connectivity index (χ0n) is 21.2. The number of carbonyl (C=O) groups is 3. The molecule has 1 N–H and O–H groups in total. The van der Waals surface area contributed by atoms with Crippen LogP contribution in [0, 0.1) is 0 Å². The van der Waals surface area contributed by atoms with Crippen LogP contribution in [0.3, 0.4) is 0 Å². The Balaban J connectivity index is 1.72. The molecule has 1 atom stereocenters. The van der Waals surface area contributed by atoms with E-state index in [9.17, 15) is 27.9 Å². The van der Waals surface area contributed by atoms with Gasteiger partial charge in [-0.25, -0.2) is 8.42 Å². The van der Waals surface area contributed by atoms with Crippen molar-refractivity contribution in [3.63, 3.8) is 0 Å². The first kappa shape index (κ1) is 26.1. The van der Waals surface area contributed by atoms with Crippen LogP contribution in [0.2, 0.25) is 0 Å². The highest BCUT2D eigenvalue weighted by Gasteiger charge is 2.66. The molecule has 0 saturated carbocycles. The maximum Gasteiger partial charge on any atom is 0.296 e. The van der Waals surface area contributed by atoms with Crippen LogP contribution in [0.5, 0.6) is 0 Å². The number of hydrogen-bond donors (Lipinski definition) is 1. The first-order valence-corrected chi connectivity index (χ1v) is 13.9. The number of ether oxygens (including phenoxy) is 1. The number of carbonyl (C=O) groups excluding carboxylic acids is 3. The number of aliphatic hydroxyl groups is 1. The Labute approximate surface area is 221 Å². The maximum atomic E-state index is 13.9. The molecule has 2 aromatic carbocycles. The molecule has 5 rings (SSSR count). The van der Waals surface area contributed by atoms with Gasteiger partial charge in [-0.1, -0.05) is 36.8 Å². The molecule has 2 fully saturated rings. The zero-order valence-corrected chi connectivity index (χ0v) is 22.0. The molecule has 10 nitrogen and oxygen atoms in total. The average Bonchev–Trinajstić information content (AvgIpc) is 3.30. The minimum absolute atomic E-state index is 0.0204. The Morgan fingerprint density at radius 1 is 1.03 bits per heavy atom. The third kappa shape index (κ3) is 3.68. The summed E-state index contributed by atoms with van der Waals surface area (Å²) >= 11 is 0. The average molecular weight is 540 g/mol. The SMILES string of the molecule is COCCN1C(=O)C(=O)/C(=C(\O)c2cccc(S(=O)(=O)N3CCCCC3)c2)C12C(=O)N(C)c1ccccc12. The fraction of sp³-hybridized carbons (Fsp3) is 0.370. The number of rotatable bonds is 6. The van der Waals surface area contributed by atoms with Gasteiger partial charge in [-0.15, -0.1) is 0 Å². The predicted molar refractivity (Wildman–Crippen MR) is 139 cm³/mol. The number of likely N-dealkylation sites (tertiary alicyclic amines) is 1. The van der Waals surface area contributed by atoms with E-state index in [-0.39, 0.29) is 23.6 Å². The van der Waals surface area contributed by atoms with Gasteiger partial charge in [0.2, 0.25) is 10.0 Å². The molecule has 38 heavy (non-hydrogen) atoms. The second kappa shape index (κ2) is 9.64. The number of aliphatic hydroxyl groups excluding tert-OH is 1. The van der Waals surface area contributed by atoms with Crippen LogP contribution in [-0.4, -0.2) is 80.7 Å². The summed E-state index contributed by atoms with van der Waals surface area (Å²) in [5.74, 6) is -3.16. The number of sulfonamides is 1. The number of piperidine rings is 1. The van der Waals surface area contributed by atoms with Gasteiger partial charge in [-0.05, 0) is 31.0 Å². The summed E-state index contributed by atoms with van der Waals surface area (Å²) in [6.07, 6.45) is 2.49. The molecule has 0 radical (unpaired) electrons. The van der Waals surface area contributed by atoms with E-state index < -0.39 is 44.5 Å². The predicted octanol–water partition coefficient (Wildman–Crippen LogP) is 2.06. The Morgan fingerprint density at radius 2 is 1.74 bits per heavy atom. The Bertz CT molecular complexity index is 1460. The van der Waals surface area contributed by atoms with Crippen LogP contribution in [0.25, 0.3) is 5.76 Å². The van der Waals surface area contributed by atoms with Crippen molar-refractivity contribution in [1.29, 1.82) is 0 Å². The molecule has 200 valence electrons. The van der Waals surface area contributed by atoms with E-state index >= 15 is 0 Å². The number of fused-ring (bicyclic) bond motifs is 2. The fourth-order valence-corrected chi connectivity index (χ4v) is 7.22. The van der Waals surface area contributed by atoms with Gasteiger partial charge in [-0.2, -0.15) is 4.31 Å². The monoisotopic (exact) mass is 539 g/mol. The van der Waals surface area contributed by atoms with Gasteiger partial charge in [0.1, 0.15) is 5.76 Å². The standard InChI is InChI=1S/C27H29N3O7S/c1-28-21-12-5-4-11-20(21)27(26(28)34)22(24(32)25(33)30(27)15-16-37-2)23(31)18-9-8-10-19(17-18)38(35,36)29-13-6-3-7-14-29/h4-5,8-12,17,31H,3,6-7,13-16H2,1-2H3/b23-22+. The van der Waals surface area contributed by atoms with Crippen LogP contribution in [0.4, 0.5) is 5.69 Å². The van der Waals surface area contributed by atoms with Gasteiger partial charge in [0.15, 0.2) is 5.54 Å². The highest BCUT2D eigenvalue weighted by Crippen LogP contribution is 2.53. The third-order valence-electron chi connectivity index (χ3n) is 7.52. The number of likely N-dealkylation sites (N-methyl/N-ethyl adjacent to an activating group) is 1. The molecule has 0 bridgehead atoms. The molecule has 0 aromatic heterocycles. The maximum absolute atomic E-state index is 13.9. The van der Waals surface area contributed by atoms with Gasteiger partial charge in [0.25, 0.3) is 17.6 Å². The smallest absolute Gasteiger partial charge is 0.296 e. The van der Waals surface area contributed by atoms with E-state index in [0.29, 0.717) is 24.3 Å². The van der Waals surface area contributed by atoms with Crippen LogP contribution in [0.15, 0.2) is 59.0 Å². The first-order valence-electron chi connectivity index (χ1n) is 12.4. The molecule has 1 unspecified atom stereocenters. The molecule has 3 heterocycles. The van der Waals surface area contributed by atoms with E-state index in [1.807, 2.05) is 0 Å². The van der Waals surface area contributed by atoms with E-state index in [2.05, 4.69) is 0 Å². The van der Waals surface area contributed by atoms with Gasteiger partial charge in [-0.3, -0.25) is 14.4 Å². The summed E-state index contributed by atoms with van der Waals surface area (Å²) in [7, 11) is -0.860. The van der Waals surface area contributed by atoms with Crippen molar-refractivity contribution in [1.82, 2.24) is 9.21 Å². The molecule has 2 aromatic rings. The van der Waals surface area contributed by atoms with Crippen molar-refractivity contribution in [3.8, 4) is 0 Å². The number of benzene rings is 2. The molecule has 11 heteroatoms. The summed E-state index contributed by atoms with van der Waals surface area (Å²) in [6, 6.07) is 12.4. The van der Waals surface area contributed by atoms with Crippen molar-refractivity contribution >= 4 is 39.1 Å². The lowest BCUT2D eigenvalue weighted by Crippen LogP contribution is -2.52. The van der Waals surface area contributed by atoms with Gasteiger partial charge < -0.3 is 19.6 Å². The Hall–Kier alpha value is -3.54. The molecular formula is C27H29N3O7S. The topological polar surface area (TPSA) is 125 Å². The van der Waals surface area contributed by atoms with E-state index in [1.165, 1.54) is 47.6 Å². The van der Waals surface area contributed by atoms with Crippen LogP contribution >= 0.6 is 0 Å². The van der Waals surface area contributed by atoms with Crippen molar-refractivity contribution in [2.75, 3.05) is 45.3 Å². The quantitative estimate of drug-likeness (QED) is 0.339. The lowest BCUT2D eigenvalue weighted by molar-refractivity contribution is -0.144. The molecule has 2 saturated heterocycles. The molecule has 3 aliphatic heterocycles. The largest absolute Gasteiger partial charge is 0.507 e. The fourth-order valence-electron chi connectivity index (χ4n) is 5.66. The van der Waals surface area contributed by atoms with Gasteiger partial charge in [0.05, 0.1) is 17.1 Å². The highest BCUT2D eigenvalue weighted by molar-refractivity contribution is 7.89. The number of ketones is 1. The Morgan fingerprint density at radius 3 is 2.45 bits per heavy atom. The van der Waals surface area contributed by atoms with Gasteiger partial charge in [0, 0.05) is 50.6 Å². The summed E-state index contributed by atoms with van der Waals surface area (Å²) in [5.41, 5.74) is -1.42. The van der Waals surface area contributed by atoms with Crippen LogP contribution < -0.4 is 4.90 Å². The second-order valence-corrected chi connectivity index (χ2v) is 11.5. The first-order chi connectivity index (χ1) is 18.2. The summed E-state index contributed by atoms with van der Waals surface area (Å²) < 4.78 is 33.2. The number of amides is 2. The van der Waals surface area contributed by atoms with Crippen molar-refractivity contribution in [2.24, 2.45) is 0 Å². The molecular weight excluding hydrogens is 510 g/mol. The number of Topliss-reactive ketones (excluding diaryl/α,β-unsaturated/α-hetero) is 1. The van der Waals surface area contributed by atoms with E-state index in [0.717, 1.165) is 24.2 Å². The van der Waals surface area contributed by atoms with Gasteiger partial charge >= 0.3 is 0 Å². The van der Waals surface area contributed by atoms with Crippen LogP contribution in [0.1, 0.15) is 30.4 Å². The Kier molecular flexibility index (Phi) is 6.62. The van der Waals surface area contributed by atoms with Crippen molar-refractivity contribution in [2.45, 2.75) is 29.7 Å². The number of nitrogens with zero attached hydrogens (tertiary/aromatic N) is 3. The lowest BCUT2D eigenvalue weighted by atomic mass is 9.82. The van der Waals surface area contributed by atoms with E-state index in [4.69, 9.17) is 4.74 Å². The minimum Gasteiger partial charge on any atom is -0.507 e. The highest BCUT2D eigenvalue weighted by atomic mass is 32.2. The van der Waals surface area contributed by atoms with Crippen molar-refractivity contribution < 1.29 is 32.6 Å². The summed E-state index contributed by atoms with van der Waals surface area (Å²) in [6.45, 7) is 0.788. The number of anilines is 1. The minimum atomic E-state index is -3.84. The molecule has 0 aliphatic carbocycles. The molecule has 2 amide bonds. The van der Waals surface area contributed by atoms with E-state index in [1.54, 1.807) is 24.3 Å². The molecule has 1 spiro atoms. The summed E-state index contributed by atoms with van der Waals surface area (Å²) in [5, 5.41) is 11.6. The zero-order chi connectivity index (χ0) is 27.2.